The molecule has 1 atom stereocenters. The Labute approximate surface area is 188 Å². The Morgan fingerprint density at radius 3 is 2.50 bits per heavy atom. The number of nitrogens with one attached hydrogen (secondary N) is 2. The van der Waals surface area contributed by atoms with Crippen LogP contribution in [-0.4, -0.2) is 62.0 Å². The molecule has 172 valence electrons. The summed E-state index contributed by atoms with van der Waals surface area (Å²) in [4.78, 5) is 40.1. The highest BCUT2D eigenvalue weighted by atomic mass is 16.5. The predicted octanol–water partition coefficient (Wildman–Crippen LogP) is 2.39. The number of ether oxygens (including phenoxy) is 1. The molecular weight excluding hydrogens is 410 g/mol. The average molecular weight is 442 g/mol. The van der Waals surface area contributed by atoms with Crippen molar-refractivity contribution in [1.29, 1.82) is 0 Å². The van der Waals surface area contributed by atoms with Crippen LogP contribution in [0.15, 0.2) is 47.1 Å². The van der Waals surface area contributed by atoms with E-state index >= 15 is 0 Å². The molecule has 1 fully saturated rings. The normalized spacial score (nSPS) is 15.2. The summed E-state index contributed by atoms with van der Waals surface area (Å²) in [6.07, 6.45) is 3.38. The largest absolute Gasteiger partial charge is 0.459 e. The van der Waals surface area contributed by atoms with Crippen LogP contribution in [0.2, 0.25) is 0 Å². The van der Waals surface area contributed by atoms with Crippen LogP contribution in [0.25, 0.3) is 0 Å². The fourth-order valence-corrected chi connectivity index (χ4v) is 3.86. The Bertz CT molecular complexity index is 887. The number of carbonyl (C=O) groups is 3. The quantitative estimate of drug-likeness (QED) is 0.582. The lowest BCUT2D eigenvalue weighted by Gasteiger charge is -2.35. The number of piperidine rings is 1. The summed E-state index contributed by atoms with van der Waals surface area (Å²) in [5, 5.41) is 5.84. The number of amides is 3. The molecule has 0 spiro atoms. The van der Waals surface area contributed by atoms with Gasteiger partial charge in [-0.3, -0.25) is 14.4 Å². The van der Waals surface area contributed by atoms with Gasteiger partial charge in [0, 0.05) is 38.9 Å². The van der Waals surface area contributed by atoms with Gasteiger partial charge in [0.25, 0.3) is 11.8 Å². The fourth-order valence-electron chi connectivity index (χ4n) is 3.86. The van der Waals surface area contributed by atoms with Crippen molar-refractivity contribution >= 4 is 17.7 Å². The zero-order chi connectivity index (χ0) is 22.9. The van der Waals surface area contributed by atoms with E-state index in [4.69, 9.17) is 9.15 Å². The van der Waals surface area contributed by atoms with Gasteiger partial charge in [0.15, 0.2) is 5.76 Å². The van der Waals surface area contributed by atoms with Gasteiger partial charge in [-0.15, -0.1) is 0 Å². The minimum Gasteiger partial charge on any atom is -0.459 e. The summed E-state index contributed by atoms with van der Waals surface area (Å²) in [6, 6.07) is 9.90. The number of benzene rings is 1. The van der Waals surface area contributed by atoms with Crippen LogP contribution in [0.4, 0.5) is 0 Å². The molecule has 0 aliphatic carbocycles. The van der Waals surface area contributed by atoms with E-state index < -0.39 is 6.04 Å². The fraction of sp³-hybridized carbons (Fsp3) is 0.458. The number of hydrogen-bond donors (Lipinski definition) is 2. The third-order valence-corrected chi connectivity index (χ3v) is 5.74. The van der Waals surface area contributed by atoms with E-state index in [0.29, 0.717) is 56.8 Å². The molecule has 2 N–H and O–H groups in total. The lowest BCUT2D eigenvalue weighted by molar-refractivity contribution is -0.124. The number of methoxy groups -OCH3 is 1. The Kier molecular flexibility index (Phi) is 8.44. The van der Waals surface area contributed by atoms with Crippen molar-refractivity contribution in [3.05, 3.63) is 59.5 Å². The molecule has 0 radical (unpaired) electrons. The summed E-state index contributed by atoms with van der Waals surface area (Å²) < 4.78 is 10.2. The van der Waals surface area contributed by atoms with Gasteiger partial charge in [0.1, 0.15) is 6.04 Å². The lowest BCUT2D eigenvalue weighted by Crippen LogP contribution is -2.54. The van der Waals surface area contributed by atoms with E-state index in [9.17, 15) is 14.4 Å². The summed E-state index contributed by atoms with van der Waals surface area (Å²) in [6.45, 7) is 3.97. The van der Waals surface area contributed by atoms with Crippen LogP contribution in [0.5, 0.6) is 0 Å². The Balaban J connectivity index is 1.65. The van der Waals surface area contributed by atoms with Gasteiger partial charge in [-0.05, 0) is 56.4 Å². The highest BCUT2D eigenvalue weighted by molar-refractivity contribution is 5.97. The topological polar surface area (TPSA) is 101 Å². The molecule has 3 rings (SSSR count). The molecular formula is C24H31N3O5. The smallest absolute Gasteiger partial charge is 0.289 e. The van der Waals surface area contributed by atoms with E-state index in [1.54, 1.807) is 36.3 Å². The zero-order valence-electron chi connectivity index (χ0n) is 18.6. The highest BCUT2D eigenvalue weighted by Gasteiger charge is 2.34. The predicted molar refractivity (Wildman–Crippen MR) is 119 cm³/mol. The van der Waals surface area contributed by atoms with E-state index in [2.05, 4.69) is 10.6 Å². The van der Waals surface area contributed by atoms with Crippen molar-refractivity contribution in [3.63, 3.8) is 0 Å². The molecule has 0 bridgehead atoms. The standard InChI is InChI=1S/C24H31N3O5/c1-17-6-8-19(9-7-17)22(28)26-21(23(29)25-12-4-15-31-2)18-10-13-27(14-11-18)24(30)20-5-3-16-32-20/h3,5-9,16,18,21H,4,10-15H2,1-2H3,(H,25,29)(H,26,28)/t21-/m0/s1. The number of rotatable bonds is 9. The van der Waals surface area contributed by atoms with Crippen LogP contribution in [0.1, 0.15) is 45.7 Å². The third kappa shape index (κ3) is 6.20. The highest BCUT2D eigenvalue weighted by Crippen LogP contribution is 2.23. The van der Waals surface area contributed by atoms with Crippen molar-refractivity contribution in [2.75, 3.05) is 33.4 Å². The van der Waals surface area contributed by atoms with Crippen molar-refractivity contribution in [2.45, 2.75) is 32.2 Å². The van der Waals surface area contributed by atoms with Crippen LogP contribution in [0, 0.1) is 12.8 Å². The Morgan fingerprint density at radius 2 is 1.88 bits per heavy atom. The van der Waals surface area contributed by atoms with Crippen molar-refractivity contribution in [1.82, 2.24) is 15.5 Å². The van der Waals surface area contributed by atoms with Crippen molar-refractivity contribution < 1.29 is 23.5 Å². The second-order valence-corrected chi connectivity index (χ2v) is 8.06. The molecule has 8 nitrogen and oxygen atoms in total. The van der Waals surface area contributed by atoms with Gasteiger partial charge in [0.05, 0.1) is 6.26 Å². The molecule has 32 heavy (non-hydrogen) atoms. The van der Waals surface area contributed by atoms with Gasteiger partial charge in [0.2, 0.25) is 5.91 Å². The maximum atomic E-state index is 13.0. The first-order valence-corrected chi connectivity index (χ1v) is 11.0. The number of hydrogen-bond acceptors (Lipinski definition) is 5. The minimum atomic E-state index is -0.674. The minimum absolute atomic E-state index is 0.0764. The first-order chi connectivity index (χ1) is 15.5. The maximum Gasteiger partial charge on any atom is 0.289 e. The van der Waals surface area contributed by atoms with E-state index in [0.717, 1.165) is 5.56 Å². The second-order valence-electron chi connectivity index (χ2n) is 8.06. The summed E-state index contributed by atoms with van der Waals surface area (Å²) in [5.74, 6) is -0.415. The van der Waals surface area contributed by atoms with E-state index in [1.165, 1.54) is 6.26 Å². The number of carbonyl (C=O) groups excluding carboxylic acids is 3. The SMILES string of the molecule is COCCCNC(=O)[C@@H](NC(=O)c1ccc(C)cc1)C1CCN(C(=O)c2ccco2)CC1. The van der Waals surface area contributed by atoms with Gasteiger partial charge < -0.3 is 24.7 Å². The van der Waals surface area contributed by atoms with Gasteiger partial charge in [-0.25, -0.2) is 0 Å². The first-order valence-electron chi connectivity index (χ1n) is 11.0. The Morgan fingerprint density at radius 1 is 1.16 bits per heavy atom. The van der Waals surface area contributed by atoms with Crippen molar-refractivity contribution in [3.8, 4) is 0 Å². The number of likely N-dealkylation sites (tertiary alicyclic amines) is 1. The molecule has 0 saturated carbocycles. The molecule has 0 unspecified atom stereocenters. The molecule has 1 aliphatic heterocycles. The maximum absolute atomic E-state index is 13.0. The lowest BCUT2D eigenvalue weighted by atomic mass is 9.88. The summed E-state index contributed by atoms with van der Waals surface area (Å²) in [7, 11) is 1.62. The second kappa shape index (κ2) is 11.5. The Hall–Kier alpha value is -3.13. The van der Waals surface area contributed by atoms with Crippen LogP contribution in [-0.2, 0) is 9.53 Å². The number of nitrogens with zero attached hydrogens (tertiary/aromatic N) is 1. The number of aryl methyl sites for hydroxylation is 1. The average Bonchev–Trinajstić information content (AvgIpc) is 3.35. The molecule has 1 aromatic heterocycles. The van der Waals surface area contributed by atoms with Crippen LogP contribution >= 0.6 is 0 Å². The summed E-state index contributed by atoms with van der Waals surface area (Å²) >= 11 is 0. The van der Waals surface area contributed by atoms with Crippen molar-refractivity contribution in [2.24, 2.45) is 5.92 Å². The van der Waals surface area contributed by atoms with Gasteiger partial charge >= 0.3 is 0 Å². The summed E-state index contributed by atoms with van der Waals surface area (Å²) in [5.41, 5.74) is 1.57. The van der Waals surface area contributed by atoms with Gasteiger partial charge in [-0.2, -0.15) is 0 Å². The third-order valence-electron chi connectivity index (χ3n) is 5.74. The van der Waals surface area contributed by atoms with Crippen LogP contribution < -0.4 is 10.6 Å². The first kappa shape index (κ1) is 23.5. The van der Waals surface area contributed by atoms with E-state index in [-0.39, 0.29) is 23.6 Å². The zero-order valence-corrected chi connectivity index (χ0v) is 18.6. The number of furan rings is 1. The molecule has 1 aromatic carbocycles. The molecule has 1 saturated heterocycles. The van der Waals surface area contributed by atoms with Crippen LogP contribution in [0.3, 0.4) is 0 Å². The molecule has 8 heteroatoms. The molecule has 1 aliphatic rings. The molecule has 2 aromatic rings. The molecule has 2 heterocycles. The molecule has 3 amide bonds. The van der Waals surface area contributed by atoms with Gasteiger partial charge in [-0.1, -0.05) is 17.7 Å². The van der Waals surface area contributed by atoms with E-state index in [1.807, 2.05) is 19.1 Å². The monoisotopic (exact) mass is 441 g/mol.